The number of imidazole rings is 1. The molecule has 0 radical (unpaired) electrons. The van der Waals surface area contributed by atoms with Crippen LogP contribution < -0.4 is 0 Å². The lowest BCUT2D eigenvalue weighted by molar-refractivity contribution is -0.134. The van der Waals surface area contributed by atoms with Crippen molar-refractivity contribution < 1.29 is 9.53 Å². The van der Waals surface area contributed by atoms with Gasteiger partial charge in [-0.15, -0.1) is 0 Å². The number of methoxy groups -OCH3 is 1. The minimum absolute atomic E-state index is 0.369. The van der Waals surface area contributed by atoms with Gasteiger partial charge in [0.1, 0.15) is 5.54 Å². The van der Waals surface area contributed by atoms with Gasteiger partial charge < -0.3 is 9.30 Å². The minimum atomic E-state index is -0.582. The third-order valence-electron chi connectivity index (χ3n) is 5.38. The molecule has 0 saturated heterocycles. The predicted octanol–water partition coefficient (Wildman–Crippen LogP) is 5.00. The molecule has 154 valence electrons. The van der Waals surface area contributed by atoms with E-state index in [0.29, 0.717) is 6.42 Å². The first kappa shape index (κ1) is 20.4. The van der Waals surface area contributed by atoms with Crippen LogP contribution >= 0.6 is 0 Å². The zero-order valence-electron chi connectivity index (χ0n) is 17.4. The number of rotatable bonds is 7. The van der Waals surface area contributed by atoms with E-state index in [4.69, 9.17) is 0 Å². The van der Waals surface area contributed by atoms with Crippen molar-refractivity contribution in [1.82, 2.24) is 9.55 Å². The summed E-state index contributed by atoms with van der Waals surface area (Å²) in [4.78, 5) is 16.0. The van der Waals surface area contributed by atoms with Crippen molar-refractivity contribution in [1.29, 1.82) is 0 Å². The van der Waals surface area contributed by atoms with Crippen molar-refractivity contribution in [3.8, 4) is 0 Å². The fourth-order valence-electron chi connectivity index (χ4n) is 3.98. The number of esters is 1. The van der Waals surface area contributed by atoms with Crippen LogP contribution in [0.15, 0.2) is 116 Å². The number of ether oxygens (including phenoxy) is 1. The molecule has 0 N–H and O–H groups in total. The molecule has 4 nitrogen and oxygen atoms in total. The number of benzene rings is 3. The number of hydrogen-bond donors (Lipinski definition) is 0. The summed E-state index contributed by atoms with van der Waals surface area (Å²) in [5, 5.41) is 0. The molecule has 0 unspecified atom stereocenters. The highest BCUT2D eigenvalue weighted by Gasteiger charge is 2.38. The van der Waals surface area contributed by atoms with Crippen molar-refractivity contribution >= 4 is 5.97 Å². The van der Waals surface area contributed by atoms with Crippen LogP contribution in [0.5, 0.6) is 0 Å². The highest BCUT2D eigenvalue weighted by molar-refractivity contribution is 5.81. The number of carbonyl (C=O) groups excluding carboxylic acids is 1. The topological polar surface area (TPSA) is 44.1 Å². The lowest BCUT2D eigenvalue weighted by Crippen LogP contribution is -2.36. The number of nitrogens with zero attached hydrogens (tertiary/aromatic N) is 2. The molecule has 0 amide bonds. The van der Waals surface area contributed by atoms with E-state index in [-0.39, 0.29) is 5.97 Å². The normalized spacial score (nSPS) is 11.5. The lowest BCUT2D eigenvalue weighted by atomic mass is 9.77. The first-order valence-corrected chi connectivity index (χ1v) is 10.2. The molecule has 31 heavy (non-hydrogen) atoms. The Hall–Kier alpha value is -3.92. The van der Waals surface area contributed by atoms with Gasteiger partial charge in [0, 0.05) is 18.7 Å². The van der Waals surface area contributed by atoms with Gasteiger partial charge in [-0.2, -0.15) is 0 Å². The SMILES string of the molecule is COC(=O)/C=C/Cc1cn(C(c2ccccc2)(c2ccccc2)c2ccccc2)cn1. The second-order valence-electron chi connectivity index (χ2n) is 7.21. The van der Waals surface area contributed by atoms with Crippen LogP contribution in [0.25, 0.3) is 0 Å². The maximum Gasteiger partial charge on any atom is 0.330 e. The number of carbonyl (C=O) groups is 1. The second kappa shape index (κ2) is 9.26. The Morgan fingerprint density at radius 2 is 1.35 bits per heavy atom. The summed E-state index contributed by atoms with van der Waals surface area (Å²) in [6.45, 7) is 0. The van der Waals surface area contributed by atoms with Crippen LogP contribution in [0, 0.1) is 0 Å². The Kier molecular flexibility index (Phi) is 6.08. The average Bonchev–Trinajstić information content (AvgIpc) is 3.30. The second-order valence-corrected chi connectivity index (χ2v) is 7.21. The van der Waals surface area contributed by atoms with E-state index in [1.807, 2.05) is 24.5 Å². The molecule has 0 aliphatic rings. The van der Waals surface area contributed by atoms with E-state index in [9.17, 15) is 4.79 Å². The van der Waals surface area contributed by atoms with Gasteiger partial charge in [0.25, 0.3) is 0 Å². The van der Waals surface area contributed by atoms with E-state index >= 15 is 0 Å². The largest absolute Gasteiger partial charge is 0.466 e. The van der Waals surface area contributed by atoms with E-state index in [1.54, 1.807) is 6.08 Å². The van der Waals surface area contributed by atoms with Crippen molar-refractivity contribution in [2.75, 3.05) is 7.11 Å². The summed E-state index contributed by atoms with van der Waals surface area (Å²) >= 11 is 0. The molecule has 0 aliphatic heterocycles. The molecule has 0 bridgehead atoms. The first-order chi connectivity index (χ1) is 15.2. The Morgan fingerprint density at radius 1 is 0.871 bits per heavy atom. The predicted molar refractivity (Wildman–Crippen MR) is 122 cm³/mol. The van der Waals surface area contributed by atoms with Crippen molar-refractivity contribution in [3.63, 3.8) is 0 Å². The van der Waals surface area contributed by atoms with E-state index < -0.39 is 5.54 Å². The van der Waals surface area contributed by atoms with Crippen LogP contribution in [-0.4, -0.2) is 22.6 Å². The fourth-order valence-corrected chi connectivity index (χ4v) is 3.98. The summed E-state index contributed by atoms with van der Waals surface area (Å²) in [5.41, 5.74) is 3.71. The minimum Gasteiger partial charge on any atom is -0.466 e. The smallest absolute Gasteiger partial charge is 0.330 e. The Morgan fingerprint density at radius 3 is 1.81 bits per heavy atom. The third-order valence-corrected chi connectivity index (χ3v) is 5.38. The van der Waals surface area contributed by atoms with Crippen LogP contribution in [0.4, 0.5) is 0 Å². The lowest BCUT2D eigenvalue weighted by Gasteiger charge is -2.37. The summed E-state index contributed by atoms with van der Waals surface area (Å²) in [7, 11) is 1.37. The monoisotopic (exact) mass is 408 g/mol. The molecule has 0 fully saturated rings. The van der Waals surface area contributed by atoms with Crippen molar-refractivity contribution in [2.24, 2.45) is 0 Å². The zero-order chi connectivity index (χ0) is 21.5. The summed E-state index contributed by atoms with van der Waals surface area (Å²) < 4.78 is 6.83. The molecular weight excluding hydrogens is 384 g/mol. The molecule has 1 heterocycles. The van der Waals surface area contributed by atoms with Crippen LogP contribution in [0.2, 0.25) is 0 Å². The quantitative estimate of drug-likeness (QED) is 0.246. The van der Waals surface area contributed by atoms with Crippen LogP contribution in [0.1, 0.15) is 22.4 Å². The molecule has 4 aromatic rings. The molecular formula is C27H24N2O2. The van der Waals surface area contributed by atoms with Gasteiger partial charge in [0.15, 0.2) is 0 Å². The first-order valence-electron chi connectivity index (χ1n) is 10.2. The van der Waals surface area contributed by atoms with Gasteiger partial charge in [-0.05, 0) is 16.7 Å². The summed E-state index contributed by atoms with van der Waals surface area (Å²) in [6.07, 6.45) is 7.66. The number of allylic oxidation sites excluding steroid dienone is 1. The van der Waals surface area contributed by atoms with Gasteiger partial charge in [-0.3, -0.25) is 0 Å². The van der Waals surface area contributed by atoms with Gasteiger partial charge >= 0.3 is 5.97 Å². The van der Waals surface area contributed by atoms with Crippen LogP contribution in [0.3, 0.4) is 0 Å². The van der Waals surface area contributed by atoms with Gasteiger partial charge in [0.2, 0.25) is 0 Å². The molecule has 0 spiro atoms. The number of hydrogen-bond acceptors (Lipinski definition) is 3. The van der Waals surface area contributed by atoms with Gasteiger partial charge in [0.05, 0.1) is 19.1 Å². The molecule has 1 aromatic heterocycles. The van der Waals surface area contributed by atoms with Crippen molar-refractivity contribution in [2.45, 2.75) is 12.0 Å². The Balaban J connectivity index is 1.90. The molecule has 4 heteroatoms. The highest BCUT2D eigenvalue weighted by atomic mass is 16.5. The van der Waals surface area contributed by atoms with Gasteiger partial charge in [-0.1, -0.05) is 97.1 Å². The van der Waals surface area contributed by atoms with E-state index in [1.165, 1.54) is 13.2 Å². The maximum atomic E-state index is 11.4. The molecule has 3 aromatic carbocycles. The molecule has 0 atom stereocenters. The highest BCUT2D eigenvalue weighted by Crippen LogP contribution is 2.40. The molecule has 0 aliphatic carbocycles. The number of aromatic nitrogens is 2. The Bertz CT molecular complexity index is 1050. The van der Waals surface area contributed by atoms with Crippen LogP contribution in [-0.2, 0) is 21.5 Å². The van der Waals surface area contributed by atoms with E-state index in [0.717, 1.165) is 22.4 Å². The zero-order valence-corrected chi connectivity index (χ0v) is 17.4. The van der Waals surface area contributed by atoms with Gasteiger partial charge in [-0.25, -0.2) is 9.78 Å². The van der Waals surface area contributed by atoms with E-state index in [2.05, 4.69) is 93.3 Å². The maximum absolute atomic E-state index is 11.4. The summed E-state index contributed by atoms with van der Waals surface area (Å²) in [6, 6.07) is 31.4. The Labute approximate surface area is 182 Å². The average molecular weight is 409 g/mol. The molecule has 4 rings (SSSR count). The summed E-state index contributed by atoms with van der Waals surface area (Å²) in [5.74, 6) is -0.369. The standard InChI is InChI=1S/C27H24N2O2/c1-31-26(30)19-11-18-25-20-29(21-28-25)27(22-12-5-2-6-13-22,23-14-7-3-8-15-23)24-16-9-4-10-17-24/h2-17,19-21H,18H2,1H3/b19-11+. The molecule has 0 saturated carbocycles. The third kappa shape index (κ3) is 4.05. The van der Waals surface area contributed by atoms with Crippen molar-refractivity contribution in [3.05, 3.63) is 138 Å². The fraction of sp³-hybridized carbons (Fsp3) is 0.111.